The third-order valence-electron chi connectivity index (χ3n) is 4.98. The van der Waals surface area contributed by atoms with E-state index < -0.39 is 41.6 Å². The van der Waals surface area contributed by atoms with Crippen molar-refractivity contribution in [3.05, 3.63) is 34.9 Å². The standard InChI is InChI=1S/C27H39N3O6/c1-10-30(25(33)22(17(3)4)29-26(34)36-27(7,8)9)23(20-15-18(5)14-19(6)16-20)24(32)28-13-12-21(31)35-11-2/h1,14-17,22-23H,11-13H2,2-9H3,(H,28,32)(H,29,34). The van der Waals surface area contributed by atoms with Crippen molar-refractivity contribution in [1.29, 1.82) is 0 Å². The molecule has 0 aliphatic rings. The van der Waals surface area contributed by atoms with Gasteiger partial charge in [0.05, 0.1) is 13.0 Å². The summed E-state index contributed by atoms with van der Waals surface area (Å²) in [6.45, 7) is 14.3. The molecule has 9 heteroatoms. The van der Waals surface area contributed by atoms with Crippen molar-refractivity contribution in [2.45, 2.75) is 79.5 Å². The molecule has 1 aromatic rings. The highest BCUT2D eigenvalue weighted by molar-refractivity contribution is 5.93. The highest BCUT2D eigenvalue weighted by Gasteiger charge is 2.37. The summed E-state index contributed by atoms with van der Waals surface area (Å²) < 4.78 is 10.2. The van der Waals surface area contributed by atoms with Crippen LogP contribution in [0.5, 0.6) is 0 Å². The van der Waals surface area contributed by atoms with E-state index in [1.807, 2.05) is 19.9 Å². The van der Waals surface area contributed by atoms with Gasteiger partial charge in [0.1, 0.15) is 17.7 Å². The second-order valence-electron chi connectivity index (χ2n) is 9.87. The van der Waals surface area contributed by atoms with Crippen LogP contribution in [0.1, 0.15) is 70.7 Å². The predicted octanol–water partition coefficient (Wildman–Crippen LogP) is 3.38. The Labute approximate surface area is 214 Å². The smallest absolute Gasteiger partial charge is 0.408 e. The molecule has 9 nitrogen and oxygen atoms in total. The number of carbonyl (C=O) groups is 4. The molecule has 2 N–H and O–H groups in total. The molecule has 198 valence electrons. The molecule has 3 amide bonds. The van der Waals surface area contributed by atoms with Gasteiger partial charge in [0.15, 0.2) is 0 Å². The molecular formula is C27H39N3O6. The Hall–Kier alpha value is -3.54. The second-order valence-corrected chi connectivity index (χ2v) is 9.87. The molecular weight excluding hydrogens is 462 g/mol. The lowest BCUT2D eigenvalue weighted by atomic mass is 9.97. The normalized spacial score (nSPS) is 12.7. The Kier molecular flexibility index (Phi) is 11.5. The van der Waals surface area contributed by atoms with Crippen LogP contribution in [0.4, 0.5) is 4.79 Å². The first-order chi connectivity index (χ1) is 16.7. The maximum atomic E-state index is 13.6. The number of amides is 3. The van der Waals surface area contributed by atoms with E-state index in [1.165, 1.54) is 0 Å². The molecule has 0 bridgehead atoms. The van der Waals surface area contributed by atoms with E-state index >= 15 is 0 Å². The number of hydrogen-bond donors (Lipinski definition) is 2. The van der Waals surface area contributed by atoms with Crippen molar-refractivity contribution < 1.29 is 28.7 Å². The van der Waals surface area contributed by atoms with E-state index in [-0.39, 0.29) is 25.5 Å². The van der Waals surface area contributed by atoms with Gasteiger partial charge in [-0.3, -0.25) is 19.3 Å². The molecule has 0 saturated carbocycles. The van der Waals surface area contributed by atoms with Crippen LogP contribution in [0.15, 0.2) is 18.2 Å². The van der Waals surface area contributed by atoms with Crippen LogP contribution in [0.2, 0.25) is 0 Å². The zero-order valence-electron chi connectivity index (χ0n) is 22.6. The summed E-state index contributed by atoms with van der Waals surface area (Å²) in [4.78, 5) is 52.1. The molecule has 0 saturated heterocycles. The average molecular weight is 502 g/mol. The Morgan fingerprint density at radius 2 is 1.67 bits per heavy atom. The minimum absolute atomic E-state index is 0.00926. The number of rotatable bonds is 10. The van der Waals surface area contributed by atoms with Crippen LogP contribution in [0.25, 0.3) is 0 Å². The summed E-state index contributed by atoms with van der Waals surface area (Å²) in [5.41, 5.74) is 1.50. The molecule has 0 radical (unpaired) electrons. The van der Waals surface area contributed by atoms with E-state index in [1.54, 1.807) is 53.7 Å². The van der Waals surface area contributed by atoms with Crippen molar-refractivity contribution >= 4 is 23.9 Å². The summed E-state index contributed by atoms with van der Waals surface area (Å²) in [5.74, 6) is -2.00. The first-order valence-electron chi connectivity index (χ1n) is 12.0. The number of alkyl carbamates (subject to hydrolysis) is 1. The fourth-order valence-corrected chi connectivity index (χ4v) is 3.57. The van der Waals surface area contributed by atoms with E-state index in [4.69, 9.17) is 15.9 Å². The quantitative estimate of drug-likeness (QED) is 0.289. The van der Waals surface area contributed by atoms with Crippen molar-refractivity contribution in [2.24, 2.45) is 5.92 Å². The van der Waals surface area contributed by atoms with Crippen LogP contribution in [0.3, 0.4) is 0 Å². The molecule has 0 aliphatic carbocycles. The van der Waals surface area contributed by atoms with Crippen LogP contribution in [-0.2, 0) is 23.9 Å². The first kappa shape index (κ1) is 30.5. The van der Waals surface area contributed by atoms with Crippen LogP contribution >= 0.6 is 0 Å². The Morgan fingerprint density at radius 1 is 1.08 bits per heavy atom. The molecule has 0 fully saturated rings. The molecule has 1 aromatic carbocycles. The van der Waals surface area contributed by atoms with Crippen molar-refractivity contribution in [1.82, 2.24) is 15.5 Å². The number of ether oxygens (including phenoxy) is 2. The number of benzene rings is 1. The summed E-state index contributed by atoms with van der Waals surface area (Å²) >= 11 is 0. The first-order valence-corrected chi connectivity index (χ1v) is 12.0. The van der Waals surface area contributed by atoms with Gasteiger partial charge in [0, 0.05) is 12.6 Å². The molecule has 2 atom stereocenters. The third kappa shape index (κ3) is 9.61. The topological polar surface area (TPSA) is 114 Å². The van der Waals surface area contributed by atoms with Gasteiger partial charge in [0.2, 0.25) is 5.91 Å². The van der Waals surface area contributed by atoms with Crippen LogP contribution in [0, 0.1) is 32.2 Å². The number of carbonyl (C=O) groups excluding carboxylic acids is 4. The van der Waals surface area contributed by atoms with Gasteiger partial charge < -0.3 is 20.1 Å². The zero-order chi connectivity index (χ0) is 27.6. The largest absolute Gasteiger partial charge is 0.466 e. The monoisotopic (exact) mass is 501 g/mol. The molecule has 0 spiro atoms. The average Bonchev–Trinajstić information content (AvgIpc) is 2.73. The van der Waals surface area contributed by atoms with Crippen molar-refractivity contribution in [3.8, 4) is 12.5 Å². The van der Waals surface area contributed by atoms with Gasteiger partial charge in [-0.1, -0.05) is 49.6 Å². The van der Waals surface area contributed by atoms with E-state index in [0.29, 0.717) is 5.56 Å². The Morgan fingerprint density at radius 3 is 2.14 bits per heavy atom. The number of aryl methyl sites for hydroxylation is 2. The minimum Gasteiger partial charge on any atom is -0.466 e. The lowest BCUT2D eigenvalue weighted by Crippen LogP contribution is -2.53. The Balaban J connectivity index is 3.33. The molecule has 0 aromatic heterocycles. The van der Waals surface area contributed by atoms with Gasteiger partial charge in [-0.2, -0.15) is 0 Å². The maximum Gasteiger partial charge on any atom is 0.408 e. The summed E-state index contributed by atoms with van der Waals surface area (Å²) in [7, 11) is 0. The minimum atomic E-state index is -1.19. The highest BCUT2D eigenvalue weighted by Crippen LogP contribution is 2.25. The van der Waals surface area contributed by atoms with Gasteiger partial charge in [0.25, 0.3) is 5.91 Å². The van der Waals surface area contributed by atoms with Crippen molar-refractivity contribution in [3.63, 3.8) is 0 Å². The number of nitrogens with zero attached hydrogens (tertiary/aromatic N) is 1. The lowest BCUT2D eigenvalue weighted by Gasteiger charge is -2.32. The van der Waals surface area contributed by atoms with Gasteiger partial charge in [-0.05, 0) is 53.0 Å². The van der Waals surface area contributed by atoms with Gasteiger partial charge >= 0.3 is 12.1 Å². The highest BCUT2D eigenvalue weighted by atomic mass is 16.6. The van der Waals surface area contributed by atoms with Crippen LogP contribution < -0.4 is 10.6 Å². The van der Waals surface area contributed by atoms with Gasteiger partial charge in [-0.25, -0.2) is 4.79 Å². The number of terminal acetylenes is 1. The molecule has 1 rings (SSSR count). The Bertz CT molecular complexity index is 970. The number of nitrogens with one attached hydrogen (secondary N) is 2. The van der Waals surface area contributed by atoms with E-state index in [2.05, 4.69) is 16.7 Å². The fourth-order valence-electron chi connectivity index (χ4n) is 3.57. The second kappa shape index (κ2) is 13.5. The van der Waals surface area contributed by atoms with E-state index in [9.17, 15) is 19.2 Å². The van der Waals surface area contributed by atoms with Gasteiger partial charge in [-0.15, -0.1) is 0 Å². The molecule has 0 aliphatic heterocycles. The van der Waals surface area contributed by atoms with E-state index in [0.717, 1.165) is 16.0 Å². The summed E-state index contributed by atoms with van der Waals surface area (Å²) in [6.07, 6.45) is 4.97. The molecule has 36 heavy (non-hydrogen) atoms. The van der Waals surface area contributed by atoms with Crippen LogP contribution in [-0.4, -0.2) is 53.6 Å². The third-order valence-corrected chi connectivity index (χ3v) is 4.98. The summed E-state index contributed by atoms with van der Waals surface area (Å²) in [5, 5.41) is 5.26. The predicted molar refractivity (Wildman–Crippen MR) is 137 cm³/mol. The fraction of sp³-hybridized carbons (Fsp3) is 0.556. The number of esters is 1. The maximum absolute atomic E-state index is 13.6. The number of hydrogen-bond acceptors (Lipinski definition) is 6. The lowest BCUT2D eigenvalue weighted by molar-refractivity contribution is -0.143. The molecule has 2 unspecified atom stereocenters. The molecule has 0 heterocycles. The van der Waals surface area contributed by atoms with Crippen molar-refractivity contribution in [2.75, 3.05) is 13.2 Å². The summed E-state index contributed by atoms with van der Waals surface area (Å²) in [6, 6.07) is 5.57. The zero-order valence-corrected chi connectivity index (χ0v) is 22.6. The SMILES string of the molecule is C#CN(C(=O)C(NC(=O)OC(C)(C)C)C(C)C)C(C(=O)NCCC(=O)OCC)c1cc(C)cc(C)c1.